The number of aromatic nitrogens is 1. The average molecular weight is 297 g/mol. The molecule has 22 heavy (non-hydrogen) atoms. The molecule has 2 aromatic rings. The van der Waals surface area contributed by atoms with Crippen molar-refractivity contribution in [2.24, 2.45) is 0 Å². The summed E-state index contributed by atoms with van der Waals surface area (Å²) >= 11 is 0. The van der Waals surface area contributed by atoms with Gasteiger partial charge in [-0.1, -0.05) is 18.2 Å². The average Bonchev–Trinajstić information content (AvgIpc) is 2.49. The van der Waals surface area contributed by atoms with Gasteiger partial charge in [0.15, 0.2) is 0 Å². The molecule has 1 heterocycles. The molecule has 0 spiro atoms. The molecule has 0 unspecified atom stereocenters. The van der Waals surface area contributed by atoms with Crippen LogP contribution in [-0.4, -0.2) is 22.8 Å². The van der Waals surface area contributed by atoms with Crippen molar-refractivity contribution in [3.05, 3.63) is 59.4 Å². The summed E-state index contributed by atoms with van der Waals surface area (Å²) in [6, 6.07) is 10.6. The zero-order valence-electron chi connectivity index (χ0n) is 12.9. The first-order chi connectivity index (χ1) is 10.5. The minimum atomic E-state index is -0.339. The maximum atomic E-state index is 12.3. The van der Waals surface area contributed by atoms with E-state index in [1.807, 2.05) is 45.0 Å². The predicted molar refractivity (Wildman–Crippen MR) is 86.0 cm³/mol. The Bertz CT molecular complexity index is 696. The zero-order chi connectivity index (χ0) is 16.1. The van der Waals surface area contributed by atoms with E-state index in [0.717, 1.165) is 11.3 Å². The monoisotopic (exact) mass is 297 g/mol. The van der Waals surface area contributed by atoms with Crippen LogP contribution in [0.2, 0.25) is 0 Å². The van der Waals surface area contributed by atoms with Gasteiger partial charge in [-0.3, -0.25) is 14.6 Å². The first kappa shape index (κ1) is 15.7. The maximum absolute atomic E-state index is 12.3. The molecule has 5 nitrogen and oxygen atoms in total. The fraction of sp³-hybridized carbons (Fsp3) is 0.235. The van der Waals surface area contributed by atoms with E-state index in [9.17, 15) is 9.59 Å². The highest BCUT2D eigenvalue weighted by atomic mass is 16.2. The third-order valence-corrected chi connectivity index (χ3v) is 3.07. The van der Waals surface area contributed by atoms with Gasteiger partial charge in [-0.05, 0) is 44.5 Å². The summed E-state index contributed by atoms with van der Waals surface area (Å²) in [5.74, 6) is -0.559. The second-order valence-corrected chi connectivity index (χ2v) is 5.33. The van der Waals surface area contributed by atoms with Crippen LogP contribution in [0.3, 0.4) is 0 Å². The van der Waals surface area contributed by atoms with Gasteiger partial charge >= 0.3 is 0 Å². The van der Waals surface area contributed by atoms with Crippen LogP contribution >= 0.6 is 0 Å². The number of amides is 2. The molecule has 0 aliphatic rings. The van der Waals surface area contributed by atoms with Crippen molar-refractivity contribution in [3.63, 3.8) is 0 Å². The van der Waals surface area contributed by atoms with Gasteiger partial charge in [0.1, 0.15) is 5.69 Å². The van der Waals surface area contributed by atoms with Crippen LogP contribution < -0.4 is 10.6 Å². The van der Waals surface area contributed by atoms with Crippen molar-refractivity contribution in [3.8, 4) is 0 Å². The first-order valence-corrected chi connectivity index (χ1v) is 7.11. The van der Waals surface area contributed by atoms with E-state index in [4.69, 9.17) is 0 Å². The fourth-order valence-corrected chi connectivity index (χ4v) is 1.94. The van der Waals surface area contributed by atoms with E-state index >= 15 is 0 Å². The van der Waals surface area contributed by atoms with Gasteiger partial charge < -0.3 is 10.6 Å². The van der Waals surface area contributed by atoms with Crippen molar-refractivity contribution in [1.29, 1.82) is 0 Å². The van der Waals surface area contributed by atoms with Gasteiger partial charge in [-0.15, -0.1) is 0 Å². The molecule has 0 atom stereocenters. The topological polar surface area (TPSA) is 71.1 Å². The van der Waals surface area contributed by atoms with Gasteiger partial charge in [0, 0.05) is 23.5 Å². The largest absolute Gasteiger partial charge is 0.350 e. The molecular formula is C17H19N3O2. The Morgan fingerprint density at radius 1 is 1.09 bits per heavy atom. The van der Waals surface area contributed by atoms with Crippen LogP contribution in [0.4, 0.5) is 5.69 Å². The SMILES string of the molecule is Cc1ccccc1NC(=O)c1cc(C(=O)NC(C)C)ccn1. The van der Waals surface area contributed by atoms with Crippen molar-refractivity contribution in [1.82, 2.24) is 10.3 Å². The number of anilines is 1. The number of rotatable bonds is 4. The third-order valence-electron chi connectivity index (χ3n) is 3.07. The standard InChI is InChI=1S/C17H19N3O2/c1-11(2)19-16(21)13-8-9-18-15(10-13)17(22)20-14-7-5-4-6-12(14)3/h4-11H,1-3H3,(H,19,21)(H,20,22). The highest BCUT2D eigenvalue weighted by Gasteiger charge is 2.13. The third kappa shape index (κ3) is 3.91. The number of hydrogen-bond acceptors (Lipinski definition) is 3. The Balaban J connectivity index is 2.17. The summed E-state index contributed by atoms with van der Waals surface area (Å²) in [5, 5.41) is 5.59. The lowest BCUT2D eigenvalue weighted by Gasteiger charge is -2.10. The van der Waals surface area contributed by atoms with Crippen LogP contribution in [0.5, 0.6) is 0 Å². The molecule has 5 heteroatoms. The van der Waals surface area contributed by atoms with Gasteiger partial charge in [0.2, 0.25) is 0 Å². The van der Waals surface area contributed by atoms with Crippen LogP contribution in [0, 0.1) is 6.92 Å². The second-order valence-electron chi connectivity index (χ2n) is 5.33. The van der Waals surface area contributed by atoms with Crippen molar-refractivity contribution >= 4 is 17.5 Å². The minimum Gasteiger partial charge on any atom is -0.350 e. The van der Waals surface area contributed by atoms with Crippen LogP contribution in [-0.2, 0) is 0 Å². The first-order valence-electron chi connectivity index (χ1n) is 7.11. The molecule has 0 fully saturated rings. The molecule has 0 saturated heterocycles. The smallest absolute Gasteiger partial charge is 0.274 e. The number of carbonyl (C=O) groups excluding carboxylic acids is 2. The second kappa shape index (κ2) is 6.85. The normalized spacial score (nSPS) is 10.4. The summed E-state index contributed by atoms with van der Waals surface area (Å²) in [5.41, 5.74) is 2.31. The summed E-state index contributed by atoms with van der Waals surface area (Å²) in [6.07, 6.45) is 1.46. The Kier molecular flexibility index (Phi) is 4.88. The summed E-state index contributed by atoms with van der Waals surface area (Å²) in [6.45, 7) is 5.67. The molecule has 2 amide bonds. The zero-order valence-corrected chi connectivity index (χ0v) is 12.9. The van der Waals surface area contributed by atoms with E-state index < -0.39 is 0 Å². The highest BCUT2D eigenvalue weighted by Crippen LogP contribution is 2.14. The van der Waals surface area contributed by atoms with Crippen LogP contribution in [0.1, 0.15) is 40.3 Å². The Morgan fingerprint density at radius 3 is 2.50 bits per heavy atom. The Labute approximate surface area is 129 Å². The molecule has 0 aliphatic heterocycles. The lowest BCUT2D eigenvalue weighted by molar-refractivity contribution is 0.0943. The van der Waals surface area contributed by atoms with E-state index in [1.165, 1.54) is 12.3 Å². The quantitative estimate of drug-likeness (QED) is 0.911. The van der Waals surface area contributed by atoms with Gasteiger partial charge in [-0.2, -0.15) is 0 Å². The molecule has 114 valence electrons. The van der Waals surface area contributed by atoms with Gasteiger partial charge in [0.25, 0.3) is 11.8 Å². The van der Waals surface area contributed by atoms with Crippen molar-refractivity contribution in [2.75, 3.05) is 5.32 Å². The number of aryl methyl sites for hydroxylation is 1. The molecule has 0 aliphatic carbocycles. The molecule has 0 radical (unpaired) electrons. The summed E-state index contributed by atoms with van der Waals surface area (Å²) in [7, 11) is 0. The Hall–Kier alpha value is -2.69. The lowest BCUT2D eigenvalue weighted by Crippen LogP contribution is -2.30. The fourth-order valence-electron chi connectivity index (χ4n) is 1.94. The van der Waals surface area contributed by atoms with Crippen LogP contribution in [0.15, 0.2) is 42.6 Å². The molecule has 0 saturated carbocycles. The molecule has 1 aromatic heterocycles. The highest BCUT2D eigenvalue weighted by molar-refractivity contribution is 6.05. The number of pyridine rings is 1. The predicted octanol–water partition coefficient (Wildman–Crippen LogP) is 2.78. The summed E-state index contributed by atoms with van der Waals surface area (Å²) < 4.78 is 0. The number of nitrogens with one attached hydrogen (secondary N) is 2. The number of para-hydroxylation sites is 1. The van der Waals surface area contributed by atoms with Gasteiger partial charge in [-0.25, -0.2) is 0 Å². The van der Waals surface area contributed by atoms with Crippen LogP contribution in [0.25, 0.3) is 0 Å². The number of benzene rings is 1. The molecule has 1 aromatic carbocycles. The van der Waals surface area contributed by atoms with E-state index in [-0.39, 0.29) is 23.6 Å². The number of hydrogen-bond donors (Lipinski definition) is 2. The van der Waals surface area contributed by atoms with Crippen molar-refractivity contribution in [2.45, 2.75) is 26.8 Å². The number of carbonyl (C=O) groups is 2. The minimum absolute atomic E-state index is 0.0323. The molecule has 2 N–H and O–H groups in total. The van der Waals surface area contributed by atoms with E-state index in [0.29, 0.717) is 5.56 Å². The lowest BCUT2D eigenvalue weighted by atomic mass is 10.1. The molecule has 0 bridgehead atoms. The Morgan fingerprint density at radius 2 is 1.82 bits per heavy atom. The van der Waals surface area contributed by atoms with Crippen molar-refractivity contribution < 1.29 is 9.59 Å². The van der Waals surface area contributed by atoms with E-state index in [1.54, 1.807) is 6.07 Å². The van der Waals surface area contributed by atoms with Gasteiger partial charge in [0.05, 0.1) is 0 Å². The maximum Gasteiger partial charge on any atom is 0.274 e. The van der Waals surface area contributed by atoms with E-state index in [2.05, 4.69) is 15.6 Å². The molecular weight excluding hydrogens is 278 g/mol. The summed E-state index contributed by atoms with van der Waals surface area (Å²) in [4.78, 5) is 28.3. The number of nitrogens with zero attached hydrogens (tertiary/aromatic N) is 1. The molecule has 2 rings (SSSR count).